The number of nitrogens with zero attached hydrogens (tertiary/aromatic N) is 2. The molecule has 0 unspecified atom stereocenters. The van der Waals surface area contributed by atoms with Crippen LogP contribution in [0.2, 0.25) is 0 Å². The van der Waals surface area contributed by atoms with Gasteiger partial charge in [0.25, 0.3) is 0 Å². The van der Waals surface area contributed by atoms with E-state index in [1.807, 2.05) is 12.4 Å². The molecule has 0 saturated carbocycles. The number of nitrogens with one attached hydrogen (secondary N) is 1. The van der Waals surface area contributed by atoms with Gasteiger partial charge in [-0.15, -0.1) is 0 Å². The van der Waals surface area contributed by atoms with Crippen molar-refractivity contribution in [3.05, 3.63) is 24.0 Å². The molecular formula is C17H29N3. The molecule has 1 fully saturated rings. The summed E-state index contributed by atoms with van der Waals surface area (Å²) in [6.07, 6.45) is 6.48. The fourth-order valence-electron chi connectivity index (χ4n) is 2.71. The Morgan fingerprint density at radius 1 is 1.30 bits per heavy atom. The van der Waals surface area contributed by atoms with Crippen LogP contribution >= 0.6 is 0 Å². The van der Waals surface area contributed by atoms with Crippen LogP contribution in [0.15, 0.2) is 18.5 Å². The number of hydrogen-bond acceptors (Lipinski definition) is 3. The van der Waals surface area contributed by atoms with E-state index in [1.54, 1.807) is 0 Å². The lowest BCUT2D eigenvalue weighted by molar-refractivity contribution is 0.279. The summed E-state index contributed by atoms with van der Waals surface area (Å²) in [5, 5.41) is 3.53. The van der Waals surface area contributed by atoms with E-state index in [2.05, 4.69) is 49.0 Å². The minimum atomic E-state index is 0.500. The monoisotopic (exact) mass is 275 g/mol. The SMILES string of the molecule is CC(C)CNCc1cnccc1N1CCC(C)(C)CC1. The van der Waals surface area contributed by atoms with Crippen molar-refractivity contribution in [1.29, 1.82) is 0 Å². The average molecular weight is 275 g/mol. The molecule has 20 heavy (non-hydrogen) atoms. The van der Waals surface area contributed by atoms with Crippen molar-refractivity contribution in [3.63, 3.8) is 0 Å². The summed E-state index contributed by atoms with van der Waals surface area (Å²) in [4.78, 5) is 6.83. The van der Waals surface area contributed by atoms with E-state index in [1.165, 1.54) is 24.1 Å². The van der Waals surface area contributed by atoms with E-state index in [4.69, 9.17) is 0 Å². The minimum absolute atomic E-state index is 0.500. The van der Waals surface area contributed by atoms with Crippen molar-refractivity contribution in [3.8, 4) is 0 Å². The van der Waals surface area contributed by atoms with Crippen LogP contribution in [0.25, 0.3) is 0 Å². The second kappa shape index (κ2) is 6.57. The van der Waals surface area contributed by atoms with Gasteiger partial charge in [0.1, 0.15) is 0 Å². The zero-order valence-electron chi connectivity index (χ0n) is 13.4. The zero-order valence-corrected chi connectivity index (χ0v) is 13.4. The highest BCUT2D eigenvalue weighted by Gasteiger charge is 2.26. The van der Waals surface area contributed by atoms with Crippen LogP contribution < -0.4 is 10.2 Å². The molecule has 3 nitrogen and oxygen atoms in total. The second-order valence-electron chi connectivity index (χ2n) is 7.18. The quantitative estimate of drug-likeness (QED) is 0.892. The van der Waals surface area contributed by atoms with Gasteiger partial charge in [-0.1, -0.05) is 27.7 Å². The Balaban J connectivity index is 2.01. The molecule has 1 aliphatic rings. The third-order valence-corrected chi connectivity index (χ3v) is 4.20. The van der Waals surface area contributed by atoms with Crippen molar-refractivity contribution in [2.75, 3.05) is 24.5 Å². The highest BCUT2D eigenvalue weighted by molar-refractivity contribution is 5.52. The summed E-state index contributed by atoms with van der Waals surface area (Å²) in [6.45, 7) is 13.5. The van der Waals surface area contributed by atoms with Crippen molar-refractivity contribution in [2.45, 2.75) is 47.1 Å². The number of rotatable bonds is 5. The Morgan fingerprint density at radius 2 is 2.00 bits per heavy atom. The maximum atomic E-state index is 4.30. The van der Waals surface area contributed by atoms with Crippen molar-refractivity contribution >= 4 is 5.69 Å². The number of pyridine rings is 1. The summed E-state index contributed by atoms with van der Waals surface area (Å²) in [5.41, 5.74) is 3.19. The van der Waals surface area contributed by atoms with Crippen LogP contribution in [0, 0.1) is 11.3 Å². The van der Waals surface area contributed by atoms with Gasteiger partial charge in [-0.05, 0) is 36.8 Å². The summed E-state index contributed by atoms with van der Waals surface area (Å²) >= 11 is 0. The molecule has 1 aliphatic heterocycles. The van der Waals surface area contributed by atoms with Crippen LogP contribution in [-0.4, -0.2) is 24.6 Å². The molecule has 0 aromatic carbocycles. The van der Waals surface area contributed by atoms with Crippen LogP contribution in [0.1, 0.15) is 46.1 Å². The lowest BCUT2D eigenvalue weighted by Gasteiger charge is -2.39. The maximum absolute atomic E-state index is 4.30. The molecule has 0 atom stereocenters. The minimum Gasteiger partial charge on any atom is -0.371 e. The lowest BCUT2D eigenvalue weighted by Crippen LogP contribution is -2.38. The Bertz CT molecular complexity index is 416. The molecule has 0 aliphatic carbocycles. The van der Waals surface area contributed by atoms with E-state index < -0.39 is 0 Å². The third kappa shape index (κ3) is 4.20. The topological polar surface area (TPSA) is 28.2 Å². The van der Waals surface area contributed by atoms with E-state index in [-0.39, 0.29) is 0 Å². The highest BCUT2D eigenvalue weighted by atomic mass is 15.1. The summed E-state index contributed by atoms with van der Waals surface area (Å²) in [7, 11) is 0. The maximum Gasteiger partial charge on any atom is 0.0442 e. The molecule has 1 aromatic rings. The Morgan fingerprint density at radius 3 is 2.65 bits per heavy atom. The van der Waals surface area contributed by atoms with Gasteiger partial charge in [0.05, 0.1) is 0 Å². The molecule has 2 rings (SSSR count). The Hall–Kier alpha value is -1.09. The normalized spacial score (nSPS) is 18.6. The number of hydrogen-bond donors (Lipinski definition) is 1. The highest BCUT2D eigenvalue weighted by Crippen LogP contribution is 2.33. The molecule has 1 saturated heterocycles. The first kappa shape index (κ1) is 15.3. The van der Waals surface area contributed by atoms with Crippen LogP contribution in [0.3, 0.4) is 0 Å². The fourth-order valence-corrected chi connectivity index (χ4v) is 2.71. The van der Waals surface area contributed by atoms with Gasteiger partial charge in [-0.3, -0.25) is 4.98 Å². The predicted molar refractivity (Wildman–Crippen MR) is 86.0 cm³/mol. The summed E-state index contributed by atoms with van der Waals surface area (Å²) in [6, 6.07) is 2.17. The van der Waals surface area contributed by atoms with Gasteiger partial charge < -0.3 is 10.2 Å². The number of anilines is 1. The lowest BCUT2D eigenvalue weighted by atomic mass is 9.82. The van der Waals surface area contributed by atoms with Gasteiger partial charge in [-0.25, -0.2) is 0 Å². The first-order chi connectivity index (χ1) is 9.48. The molecule has 0 spiro atoms. The third-order valence-electron chi connectivity index (χ3n) is 4.20. The summed E-state index contributed by atoms with van der Waals surface area (Å²) < 4.78 is 0. The van der Waals surface area contributed by atoms with Gasteiger partial charge in [-0.2, -0.15) is 0 Å². The summed E-state index contributed by atoms with van der Waals surface area (Å²) in [5.74, 6) is 0.686. The molecule has 0 radical (unpaired) electrons. The molecule has 0 bridgehead atoms. The van der Waals surface area contributed by atoms with Crippen molar-refractivity contribution in [1.82, 2.24) is 10.3 Å². The zero-order chi connectivity index (χ0) is 14.6. The molecular weight excluding hydrogens is 246 g/mol. The predicted octanol–water partition coefficient (Wildman–Crippen LogP) is 3.45. The first-order valence-corrected chi connectivity index (χ1v) is 7.86. The molecule has 1 N–H and O–H groups in total. The van der Waals surface area contributed by atoms with Gasteiger partial charge in [0.2, 0.25) is 0 Å². The average Bonchev–Trinajstić information content (AvgIpc) is 2.39. The van der Waals surface area contributed by atoms with E-state index >= 15 is 0 Å². The molecule has 2 heterocycles. The molecule has 0 amide bonds. The molecule has 112 valence electrons. The van der Waals surface area contributed by atoms with E-state index in [0.29, 0.717) is 11.3 Å². The number of aromatic nitrogens is 1. The van der Waals surface area contributed by atoms with Crippen LogP contribution in [0.5, 0.6) is 0 Å². The van der Waals surface area contributed by atoms with Crippen LogP contribution in [-0.2, 0) is 6.54 Å². The van der Waals surface area contributed by atoms with E-state index in [0.717, 1.165) is 26.2 Å². The standard InChI is InChI=1S/C17H29N3/c1-14(2)11-19-13-15-12-18-8-5-16(15)20-9-6-17(3,4)7-10-20/h5,8,12,14,19H,6-7,9-11,13H2,1-4H3. The molecule has 3 heteroatoms. The largest absolute Gasteiger partial charge is 0.371 e. The van der Waals surface area contributed by atoms with Gasteiger partial charge in [0.15, 0.2) is 0 Å². The number of piperidine rings is 1. The Kier molecular flexibility index (Phi) is 5.03. The van der Waals surface area contributed by atoms with Gasteiger partial charge >= 0.3 is 0 Å². The Labute approximate surface area is 123 Å². The van der Waals surface area contributed by atoms with Crippen molar-refractivity contribution in [2.24, 2.45) is 11.3 Å². The van der Waals surface area contributed by atoms with E-state index in [9.17, 15) is 0 Å². The first-order valence-electron chi connectivity index (χ1n) is 7.86. The molecule has 1 aromatic heterocycles. The van der Waals surface area contributed by atoms with Crippen molar-refractivity contribution < 1.29 is 0 Å². The van der Waals surface area contributed by atoms with Gasteiger partial charge in [0, 0.05) is 43.3 Å². The fraction of sp³-hybridized carbons (Fsp3) is 0.706. The van der Waals surface area contributed by atoms with Crippen LogP contribution in [0.4, 0.5) is 5.69 Å². The second-order valence-corrected chi connectivity index (χ2v) is 7.18. The smallest absolute Gasteiger partial charge is 0.0442 e.